The van der Waals surface area contributed by atoms with Gasteiger partial charge in [-0.05, 0) is 12.2 Å². The molecule has 0 amide bonds. The summed E-state index contributed by atoms with van der Waals surface area (Å²) in [5.41, 5.74) is 0. The Bertz CT molecular complexity index is 406. The molecule has 4 heteroatoms. The Morgan fingerprint density at radius 1 is 1.25 bits per heavy atom. The molecule has 0 aromatic rings. The Morgan fingerprint density at radius 2 is 2.08 bits per heavy atom. The van der Waals surface area contributed by atoms with Crippen molar-refractivity contribution in [2.24, 2.45) is 0 Å². The molecule has 0 spiro atoms. The first kappa shape index (κ1) is 7.36. The van der Waals surface area contributed by atoms with E-state index in [0.717, 1.165) is 0 Å². The molecule has 0 fully saturated rings. The van der Waals surface area contributed by atoms with E-state index >= 15 is 0 Å². The lowest BCUT2D eigenvalue weighted by molar-refractivity contribution is 0.520. The Kier molecular flexibility index (Phi) is 1.62. The number of hydrogen-bond donors (Lipinski definition) is 0. The van der Waals surface area contributed by atoms with Crippen molar-refractivity contribution in [1.82, 2.24) is 4.90 Å². The van der Waals surface area contributed by atoms with E-state index in [1.54, 1.807) is 12.3 Å². The highest BCUT2D eigenvalue weighted by molar-refractivity contribution is 7.73. The zero-order valence-electron chi connectivity index (χ0n) is 6.21. The van der Waals surface area contributed by atoms with E-state index < -0.39 is 10.3 Å². The molecule has 0 aromatic carbocycles. The molecular weight excluding hydrogens is 174 g/mol. The lowest BCUT2D eigenvalue weighted by Crippen LogP contribution is -2.27. The molecule has 0 saturated heterocycles. The number of fused-ring (bicyclic) bond motifs is 1. The summed E-state index contributed by atoms with van der Waals surface area (Å²) in [4.78, 5) is 2.28. The standard InChI is InChI=1S/C8H7NO2S/c10-12(11)8-4-6-9-5-2-1-3-7(8)9/h1-7H. The molecule has 0 aliphatic carbocycles. The monoisotopic (exact) mass is 181 g/mol. The molecule has 0 saturated carbocycles. The van der Waals surface area contributed by atoms with Crippen LogP contribution in [0.1, 0.15) is 0 Å². The van der Waals surface area contributed by atoms with Crippen molar-refractivity contribution in [3.63, 3.8) is 0 Å². The van der Waals surface area contributed by atoms with E-state index in [0.29, 0.717) is 4.86 Å². The van der Waals surface area contributed by atoms with Gasteiger partial charge in [-0.15, -0.1) is 0 Å². The summed E-state index contributed by atoms with van der Waals surface area (Å²) in [5.74, 6) is 0. The molecule has 2 heterocycles. The normalized spacial score (nSPS) is 24.8. The van der Waals surface area contributed by atoms with Gasteiger partial charge in [-0.3, -0.25) is 0 Å². The maximum Gasteiger partial charge on any atom is 0.219 e. The molecule has 0 radical (unpaired) electrons. The average Bonchev–Trinajstić information content (AvgIpc) is 2.47. The number of allylic oxidation sites excluding steroid dienone is 2. The summed E-state index contributed by atoms with van der Waals surface area (Å²) in [6.45, 7) is 0. The van der Waals surface area contributed by atoms with Crippen molar-refractivity contribution in [3.8, 4) is 0 Å². The van der Waals surface area contributed by atoms with Crippen molar-refractivity contribution in [1.29, 1.82) is 0 Å². The first-order valence-electron chi connectivity index (χ1n) is 3.56. The van der Waals surface area contributed by atoms with Crippen LogP contribution in [0.15, 0.2) is 36.7 Å². The van der Waals surface area contributed by atoms with Gasteiger partial charge >= 0.3 is 0 Å². The van der Waals surface area contributed by atoms with Crippen LogP contribution in [0.2, 0.25) is 0 Å². The van der Waals surface area contributed by atoms with Crippen LogP contribution in [0.3, 0.4) is 0 Å². The zero-order valence-corrected chi connectivity index (χ0v) is 7.03. The lowest BCUT2D eigenvalue weighted by atomic mass is 10.2. The maximum atomic E-state index is 10.7. The van der Waals surface area contributed by atoms with Gasteiger partial charge in [-0.2, -0.15) is 8.42 Å². The van der Waals surface area contributed by atoms with Gasteiger partial charge in [0.2, 0.25) is 10.3 Å². The van der Waals surface area contributed by atoms with Crippen molar-refractivity contribution in [2.45, 2.75) is 6.04 Å². The van der Waals surface area contributed by atoms with E-state index in [9.17, 15) is 8.42 Å². The second kappa shape index (κ2) is 2.64. The third-order valence-corrected chi connectivity index (χ3v) is 2.64. The van der Waals surface area contributed by atoms with Crippen LogP contribution >= 0.6 is 0 Å². The van der Waals surface area contributed by atoms with Crippen LogP contribution in [0, 0.1) is 0 Å². The van der Waals surface area contributed by atoms with E-state index in [1.807, 2.05) is 29.3 Å². The second-order valence-corrected chi connectivity index (χ2v) is 3.51. The summed E-state index contributed by atoms with van der Waals surface area (Å²) >= 11 is 0. The van der Waals surface area contributed by atoms with Gasteiger partial charge in [0.1, 0.15) is 4.86 Å². The molecule has 0 bridgehead atoms. The molecule has 2 aliphatic heterocycles. The Labute approximate surface area is 71.8 Å². The maximum absolute atomic E-state index is 10.7. The van der Waals surface area contributed by atoms with Gasteiger partial charge in [0.05, 0.1) is 6.04 Å². The highest BCUT2D eigenvalue weighted by atomic mass is 32.2. The topological polar surface area (TPSA) is 37.4 Å². The Balaban J connectivity index is 2.50. The fourth-order valence-electron chi connectivity index (χ4n) is 1.31. The first-order valence-corrected chi connectivity index (χ1v) is 4.63. The van der Waals surface area contributed by atoms with Crippen LogP contribution in [-0.4, -0.2) is 24.2 Å². The van der Waals surface area contributed by atoms with Crippen LogP contribution in [0.5, 0.6) is 0 Å². The van der Waals surface area contributed by atoms with Crippen LogP contribution in [0.25, 0.3) is 0 Å². The fraction of sp³-hybridized carbons (Fsp3) is 0.125. The molecule has 2 rings (SSSR count). The predicted molar refractivity (Wildman–Crippen MR) is 47.0 cm³/mol. The molecule has 12 heavy (non-hydrogen) atoms. The minimum atomic E-state index is -2.11. The van der Waals surface area contributed by atoms with Crippen LogP contribution in [0.4, 0.5) is 0 Å². The van der Waals surface area contributed by atoms with E-state index in [4.69, 9.17) is 0 Å². The molecule has 2 aliphatic rings. The van der Waals surface area contributed by atoms with Crippen LogP contribution < -0.4 is 0 Å². The van der Waals surface area contributed by atoms with Gasteiger partial charge in [0.25, 0.3) is 0 Å². The molecule has 62 valence electrons. The minimum Gasteiger partial charge on any atom is -0.342 e. The van der Waals surface area contributed by atoms with Gasteiger partial charge in [-0.1, -0.05) is 12.2 Å². The minimum absolute atomic E-state index is 0.117. The lowest BCUT2D eigenvalue weighted by Gasteiger charge is -2.20. The Morgan fingerprint density at radius 3 is 2.83 bits per heavy atom. The number of rotatable bonds is 0. The van der Waals surface area contributed by atoms with Crippen molar-refractivity contribution in [3.05, 3.63) is 36.7 Å². The highest BCUT2D eigenvalue weighted by Gasteiger charge is 2.23. The zero-order chi connectivity index (χ0) is 8.55. The molecule has 1 atom stereocenters. The predicted octanol–water partition coefficient (Wildman–Crippen LogP) is 0.319. The Hall–Kier alpha value is -1.29. The van der Waals surface area contributed by atoms with Gasteiger partial charge < -0.3 is 4.90 Å². The largest absolute Gasteiger partial charge is 0.342 e. The quantitative estimate of drug-likeness (QED) is 0.505. The molecule has 1 unspecified atom stereocenters. The highest BCUT2D eigenvalue weighted by Crippen LogP contribution is 2.16. The van der Waals surface area contributed by atoms with E-state index in [2.05, 4.69) is 0 Å². The second-order valence-electron chi connectivity index (χ2n) is 2.57. The third kappa shape index (κ3) is 1.00. The van der Waals surface area contributed by atoms with Gasteiger partial charge in [0, 0.05) is 12.4 Å². The van der Waals surface area contributed by atoms with Crippen molar-refractivity contribution >= 4 is 15.2 Å². The fourth-order valence-corrected chi connectivity index (χ4v) is 1.88. The summed E-state index contributed by atoms with van der Waals surface area (Å²) < 4.78 is 21.4. The van der Waals surface area contributed by atoms with Gasteiger partial charge in [0.15, 0.2) is 0 Å². The molecule has 0 N–H and O–H groups in total. The molecule has 0 aromatic heterocycles. The van der Waals surface area contributed by atoms with Crippen molar-refractivity contribution in [2.75, 3.05) is 0 Å². The SMILES string of the molecule is O=S(=O)=C1C=CN2C=CC=CC12. The smallest absolute Gasteiger partial charge is 0.219 e. The van der Waals surface area contributed by atoms with E-state index in [1.165, 1.54) is 0 Å². The first-order chi connectivity index (χ1) is 5.79. The number of nitrogens with zero attached hydrogens (tertiary/aromatic N) is 1. The number of hydrogen-bond acceptors (Lipinski definition) is 3. The van der Waals surface area contributed by atoms with E-state index in [-0.39, 0.29) is 6.04 Å². The molecular formula is C8H7NO2S. The van der Waals surface area contributed by atoms with Gasteiger partial charge in [-0.25, -0.2) is 0 Å². The third-order valence-electron chi connectivity index (χ3n) is 1.88. The van der Waals surface area contributed by atoms with Crippen molar-refractivity contribution < 1.29 is 8.42 Å². The summed E-state index contributed by atoms with van der Waals surface area (Å²) in [5, 5.41) is 0. The summed E-state index contributed by atoms with van der Waals surface area (Å²) in [6, 6.07) is -0.117. The average molecular weight is 181 g/mol. The van der Waals surface area contributed by atoms with Crippen LogP contribution in [-0.2, 0) is 10.3 Å². The molecule has 3 nitrogen and oxygen atoms in total. The summed E-state index contributed by atoms with van der Waals surface area (Å²) in [7, 11) is -2.11. The summed E-state index contributed by atoms with van der Waals surface area (Å²) in [6.07, 6.45) is 10.8.